The highest BCUT2D eigenvalue weighted by molar-refractivity contribution is 6.35. The number of hydrogen-bond donors (Lipinski definition) is 1. The van der Waals surface area contributed by atoms with Gasteiger partial charge < -0.3 is 14.8 Å². The number of pyridine rings is 1. The topological polar surface area (TPSA) is 78.3 Å². The van der Waals surface area contributed by atoms with E-state index in [-0.39, 0.29) is 12.5 Å². The summed E-state index contributed by atoms with van der Waals surface area (Å²) in [6.45, 7) is 1.59. The number of carbonyl (C=O) groups is 1. The van der Waals surface area contributed by atoms with E-state index < -0.39 is 0 Å². The summed E-state index contributed by atoms with van der Waals surface area (Å²) in [6.07, 6.45) is 1.45. The Hall–Kier alpha value is -2.77. The van der Waals surface area contributed by atoms with Crippen molar-refractivity contribution in [1.29, 1.82) is 0 Å². The molecule has 0 unspecified atom stereocenters. The van der Waals surface area contributed by atoms with E-state index in [2.05, 4.69) is 15.4 Å². The quantitative estimate of drug-likeness (QED) is 0.671. The Balaban J connectivity index is 1.75. The van der Waals surface area contributed by atoms with Gasteiger partial charge in [0.05, 0.1) is 22.8 Å². The number of aromatic nitrogens is 3. The summed E-state index contributed by atoms with van der Waals surface area (Å²) in [5, 5.41) is 7.78. The van der Waals surface area contributed by atoms with Gasteiger partial charge in [-0.3, -0.25) is 4.79 Å². The number of hydrogen-bond acceptors (Lipinski definition) is 5. The molecule has 1 amide bonds. The summed E-state index contributed by atoms with van der Waals surface area (Å²) < 4.78 is 12.2. The van der Waals surface area contributed by atoms with Crippen LogP contribution in [0, 0.1) is 6.92 Å². The molecule has 1 N–H and O–H groups in total. The van der Waals surface area contributed by atoms with Crippen molar-refractivity contribution in [3.63, 3.8) is 0 Å². The second-order valence-electron chi connectivity index (χ2n) is 5.53. The van der Waals surface area contributed by atoms with E-state index in [1.54, 1.807) is 37.3 Å². The number of benzene rings is 1. The molecule has 0 aliphatic carbocycles. The lowest BCUT2D eigenvalue weighted by molar-refractivity contribution is -0.118. The molecule has 0 atom stereocenters. The highest BCUT2D eigenvalue weighted by Gasteiger charge is 2.15. The number of nitrogens with one attached hydrogen (secondary N) is 1. The normalized spacial score (nSPS) is 10.5. The molecule has 27 heavy (non-hydrogen) atoms. The number of methoxy groups -OCH3 is 1. The third-order valence-electron chi connectivity index (χ3n) is 3.52. The monoisotopic (exact) mass is 406 g/mol. The molecule has 0 saturated heterocycles. The lowest BCUT2D eigenvalue weighted by Crippen LogP contribution is -2.22. The molecule has 1 aromatic carbocycles. The maximum Gasteiger partial charge on any atom is 0.263 e. The maximum atomic E-state index is 12.3. The van der Waals surface area contributed by atoms with Gasteiger partial charge in [0.15, 0.2) is 23.9 Å². The Morgan fingerprint density at radius 1 is 1.22 bits per heavy atom. The lowest BCUT2D eigenvalue weighted by atomic mass is 10.3. The van der Waals surface area contributed by atoms with E-state index in [1.165, 1.54) is 18.0 Å². The van der Waals surface area contributed by atoms with Crippen LogP contribution in [0.15, 0.2) is 42.6 Å². The molecule has 0 aliphatic heterocycles. The molecule has 0 saturated carbocycles. The van der Waals surface area contributed by atoms with Crippen molar-refractivity contribution < 1.29 is 14.3 Å². The number of anilines is 1. The average molecular weight is 407 g/mol. The van der Waals surface area contributed by atoms with E-state index in [4.69, 9.17) is 32.7 Å². The average Bonchev–Trinajstić information content (AvgIpc) is 3.00. The molecule has 7 nitrogen and oxygen atoms in total. The van der Waals surface area contributed by atoms with Gasteiger partial charge in [-0.05, 0) is 25.1 Å². The third kappa shape index (κ3) is 4.50. The van der Waals surface area contributed by atoms with Crippen LogP contribution in [0.1, 0.15) is 5.69 Å². The minimum absolute atomic E-state index is 0.202. The van der Waals surface area contributed by atoms with Crippen molar-refractivity contribution in [2.75, 3.05) is 19.0 Å². The van der Waals surface area contributed by atoms with Gasteiger partial charge in [0.25, 0.3) is 5.91 Å². The number of ether oxygens (including phenoxy) is 2. The molecule has 3 aromatic rings. The van der Waals surface area contributed by atoms with Crippen molar-refractivity contribution in [1.82, 2.24) is 14.8 Å². The van der Waals surface area contributed by atoms with Gasteiger partial charge in [-0.1, -0.05) is 35.3 Å². The zero-order chi connectivity index (χ0) is 19.4. The van der Waals surface area contributed by atoms with Gasteiger partial charge in [-0.25, -0.2) is 4.98 Å². The summed E-state index contributed by atoms with van der Waals surface area (Å²) in [5.74, 6) is 1.42. The van der Waals surface area contributed by atoms with Crippen molar-refractivity contribution in [2.24, 2.45) is 0 Å². The first-order chi connectivity index (χ1) is 13.0. The molecular weight excluding hydrogens is 391 g/mol. The van der Waals surface area contributed by atoms with Crippen LogP contribution >= 0.6 is 23.2 Å². The van der Waals surface area contributed by atoms with Gasteiger partial charge >= 0.3 is 0 Å². The van der Waals surface area contributed by atoms with Crippen molar-refractivity contribution in [3.8, 4) is 17.3 Å². The van der Waals surface area contributed by atoms with Crippen LogP contribution in [0.3, 0.4) is 0 Å². The van der Waals surface area contributed by atoms with Crippen LogP contribution in [0.2, 0.25) is 10.0 Å². The fraction of sp³-hybridized carbons (Fsp3) is 0.167. The fourth-order valence-electron chi connectivity index (χ4n) is 2.37. The van der Waals surface area contributed by atoms with Crippen LogP contribution in [0.25, 0.3) is 5.82 Å². The Morgan fingerprint density at radius 3 is 2.67 bits per heavy atom. The van der Waals surface area contributed by atoms with Crippen LogP contribution in [-0.2, 0) is 4.79 Å². The molecule has 0 radical (unpaired) electrons. The fourth-order valence-corrected chi connectivity index (χ4v) is 2.83. The third-order valence-corrected chi connectivity index (χ3v) is 4.00. The Bertz CT molecular complexity index is 975. The van der Waals surface area contributed by atoms with Crippen molar-refractivity contribution >= 4 is 34.9 Å². The van der Waals surface area contributed by atoms with Gasteiger partial charge in [-0.15, -0.1) is 0 Å². The van der Waals surface area contributed by atoms with Gasteiger partial charge in [0, 0.05) is 12.3 Å². The molecular formula is C18H16Cl2N4O3. The number of aryl methyl sites for hydroxylation is 1. The number of carbonyl (C=O) groups excluding carboxylic acids is 1. The lowest BCUT2D eigenvalue weighted by Gasteiger charge is -2.12. The van der Waals surface area contributed by atoms with Gasteiger partial charge in [0.2, 0.25) is 0 Å². The van der Waals surface area contributed by atoms with Crippen LogP contribution in [-0.4, -0.2) is 34.4 Å². The molecule has 3 rings (SSSR count). The highest BCUT2D eigenvalue weighted by Crippen LogP contribution is 2.26. The van der Waals surface area contributed by atoms with Crippen molar-refractivity contribution in [2.45, 2.75) is 6.92 Å². The molecule has 2 heterocycles. The number of nitrogens with zero attached hydrogens (tertiary/aromatic N) is 3. The van der Waals surface area contributed by atoms with Crippen LogP contribution in [0.5, 0.6) is 11.5 Å². The first-order valence-electron chi connectivity index (χ1n) is 7.91. The zero-order valence-corrected chi connectivity index (χ0v) is 16.1. The summed E-state index contributed by atoms with van der Waals surface area (Å²) in [7, 11) is 1.53. The minimum Gasteiger partial charge on any atom is -0.493 e. The van der Waals surface area contributed by atoms with E-state index in [9.17, 15) is 4.79 Å². The number of para-hydroxylation sites is 2. The first kappa shape index (κ1) is 19.0. The van der Waals surface area contributed by atoms with Crippen molar-refractivity contribution in [3.05, 3.63) is 58.3 Å². The van der Waals surface area contributed by atoms with E-state index >= 15 is 0 Å². The number of halogens is 2. The summed E-state index contributed by atoms with van der Waals surface area (Å²) in [6, 6.07) is 10.3. The second-order valence-corrected chi connectivity index (χ2v) is 6.37. The van der Waals surface area contributed by atoms with E-state index in [1.807, 2.05) is 6.07 Å². The molecule has 0 spiro atoms. The summed E-state index contributed by atoms with van der Waals surface area (Å²) in [5.41, 5.74) is 0.684. The SMILES string of the molecule is COc1ccccc1OCC(=O)Nc1cc(C)nn1-c1ncc(Cl)cc1Cl. The first-order valence-corrected chi connectivity index (χ1v) is 8.67. The standard InChI is InChI=1S/C18H16Cl2N4O3/c1-11-7-16(24(23-11)18-13(20)8-12(19)9-21-18)22-17(25)10-27-15-6-4-3-5-14(15)26-2/h3-9H,10H2,1-2H3,(H,22,25). The molecule has 2 aromatic heterocycles. The molecule has 9 heteroatoms. The van der Waals surface area contributed by atoms with Crippen LogP contribution < -0.4 is 14.8 Å². The second kappa shape index (κ2) is 8.28. The largest absolute Gasteiger partial charge is 0.493 e. The smallest absolute Gasteiger partial charge is 0.263 e. The number of rotatable bonds is 6. The zero-order valence-electron chi connectivity index (χ0n) is 14.6. The Labute approximate surface area is 165 Å². The van der Waals surface area contributed by atoms with Gasteiger partial charge in [-0.2, -0.15) is 9.78 Å². The Kier molecular flexibility index (Phi) is 5.83. The molecule has 140 valence electrons. The summed E-state index contributed by atoms with van der Waals surface area (Å²) in [4.78, 5) is 16.5. The molecule has 0 bridgehead atoms. The maximum absolute atomic E-state index is 12.3. The summed E-state index contributed by atoms with van der Waals surface area (Å²) >= 11 is 12.1. The van der Waals surface area contributed by atoms with Crippen LogP contribution in [0.4, 0.5) is 5.82 Å². The van der Waals surface area contributed by atoms with E-state index in [0.717, 1.165) is 0 Å². The molecule has 0 fully saturated rings. The molecule has 0 aliphatic rings. The predicted octanol–water partition coefficient (Wildman–Crippen LogP) is 3.91. The minimum atomic E-state index is -0.368. The number of amides is 1. The van der Waals surface area contributed by atoms with Gasteiger partial charge in [0.1, 0.15) is 5.82 Å². The Morgan fingerprint density at radius 2 is 1.96 bits per heavy atom. The van der Waals surface area contributed by atoms with E-state index in [0.29, 0.717) is 38.9 Å². The highest BCUT2D eigenvalue weighted by atomic mass is 35.5. The predicted molar refractivity (Wildman–Crippen MR) is 103 cm³/mol.